The van der Waals surface area contributed by atoms with Crippen molar-refractivity contribution in [2.24, 2.45) is 5.73 Å². The Bertz CT molecular complexity index is 415. The highest BCUT2D eigenvalue weighted by molar-refractivity contribution is 7.86. The van der Waals surface area contributed by atoms with Crippen molar-refractivity contribution in [2.45, 2.75) is 18.6 Å². The Morgan fingerprint density at radius 3 is 2.53 bits per heavy atom. The molecule has 0 aliphatic carbocycles. The van der Waals surface area contributed by atoms with Crippen LogP contribution in [-0.2, 0) is 16.5 Å². The molecule has 84 valence electrons. The highest BCUT2D eigenvalue weighted by atomic mass is 32.2. The van der Waals surface area contributed by atoms with Crippen molar-refractivity contribution in [3.05, 3.63) is 23.8 Å². The van der Waals surface area contributed by atoms with Crippen LogP contribution in [0.4, 0.5) is 0 Å². The van der Waals surface area contributed by atoms with Crippen LogP contribution in [0.2, 0.25) is 0 Å². The monoisotopic (exact) mass is 231 g/mol. The summed E-state index contributed by atoms with van der Waals surface area (Å²) in [7, 11) is -4.12. The lowest BCUT2D eigenvalue weighted by Gasteiger charge is -2.10. The Morgan fingerprint density at radius 2 is 2.13 bits per heavy atom. The molecule has 7 heteroatoms. The zero-order chi connectivity index (χ0) is 11.5. The smallest absolute Gasteiger partial charge is 0.269 e. The van der Waals surface area contributed by atoms with Crippen molar-refractivity contribution in [2.75, 3.05) is 6.54 Å². The van der Waals surface area contributed by atoms with Crippen molar-refractivity contribution in [3.8, 4) is 0 Å². The molecule has 0 aliphatic rings. The third kappa shape index (κ3) is 3.54. The zero-order valence-corrected chi connectivity index (χ0v) is 9.11. The first-order valence-electron chi connectivity index (χ1n) is 4.37. The van der Waals surface area contributed by atoms with E-state index in [1.54, 1.807) is 6.92 Å². The molecule has 1 unspecified atom stereocenters. The topological polar surface area (TPSA) is 106 Å². The van der Waals surface area contributed by atoms with Gasteiger partial charge in [-0.25, -0.2) is 0 Å². The van der Waals surface area contributed by atoms with E-state index in [9.17, 15) is 8.42 Å². The summed E-state index contributed by atoms with van der Waals surface area (Å²) in [5.74, 6) is 0. The third-order valence-electron chi connectivity index (χ3n) is 1.96. The second-order valence-corrected chi connectivity index (χ2v) is 4.92. The van der Waals surface area contributed by atoms with Crippen molar-refractivity contribution < 1.29 is 13.0 Å². The summed E-state index contributed by atoms with van der Waals surface area (Å²) in [6.45, 7) is 1.63. The normalized spacial score (nSPS) is 13.8. The molecule has 1 heterocycles. The van der Waals surface area contributed by atoms with E-state index in [0.29, 0.717) is 5.69 Å². The van der Waals surface area contributed by atoms with Crippen LogP contribution in [0.15, 0.2) is 12.4 Å². The average molecular weight is 231 g/mol. The van der Waals surface area contributed by atoms with E-state index in [0.717, 1.165) is 5.69 Å². The Balaban J connectivity index is 2.80. The van der Waals surface area contributed by atoms with Crippen LogP contribution in [0.5, 0.6) is 0 Å². The number of nitrogens with zero attached hydrogens (tertiary/aromatic N) is 2. The van der Waals surface area contributed by atoms with E-state index in [-0.39, 0.29) is 13.0 Å². The van der Waals surface area contributed by atoms with Crippen LogP contribution < -0.4 is 5.73 Å². The molecule has 0 aliphatic heterocycles. The van der Waals surface area contributed by atoms with Crippen LogP contribution in [0.3, 0.4) is 0 Å². The molecular formula is C8H13N3O3S. The van der Waals surface area contributed by atoms with Crippen molar-refractivity contribution in [1.29, 1.82) is 0 Å². The van der Waals surface area contributed by atoms with Gasteiger partial charge in [0.25, 0.3) is 10.1 Å². The number of rotatable bonds is 4. The van der Waals surface area contributed by atoms with Crippen molar-refractivity contribution in [3.63, 3.8) is 0 Å². The SMILES string of the molecule is Cc1cnc(CC(CN)S(=O)(=O)O)cn1. The standard InChI is InChI=1S/C8H13N3O3S/c1-6-4-11-7(5-10-6)2-8(3-9)15(12,13)14/h4-5,8H,2-3,9H2,1H3,(H,12,13,14). The van der Waals surface area contributed by atoms with Gasteiger partial charge in [-0.05, 0) is 6.92 Å². The lowest BCUT2D eigenvalue weighted by atomic mass is 10.2. The molecule has 1 aromatic heterocycles. The molecule has 6 nitrogen and oxygen atoms in total. The van der Waals surface area contributed by atoms with Crippen LogP contribution in [0.1, 0.15) is 11.4 Å². The highest BCUT2D eigenvalue weighted by Crippen LogP contribution is 2.05. The fourth-order valence-electron chi connectivity index (χ4n) is 1.07. The van der Waals surface area contributed by atoms with Crippen molar-refractivity contribution >= 4 is 10.1 Å². The minimum atomic E-state index is -4.12. The molecule has 0 saturated heterocycles. The van der Waals surface area contributed by atoms with E-state index in [1.165, 1.54) is 12.4 Å². The van der Waals surface area contributed by atoms with Gasteiger partial charge in [0.1, 0.15) is 5.25 Å². The van der Waals surface area contributed by atoms with Gasteiger partial charge in [0.15, 0.2) is 0 Å². The molecule has 0 aromatic carbocycles. The lowest BCUT2D eigenvalue weighted by Crippen LogP contribution is -2.31. The van der Waals surface area contributed by atoms with Gasteiger partial charge in [0.2, 0.25) is 0 Å². The van der Waals surface area contributed by atoms with E-state index in [2.05, 4.69) is 9.97 Å². The summed E-state index contributed by atoms with van der Waals surface area (Å²) in [5, 5.41) is -1.02. The predicted molar refractivity (Wildman–Crippen MR) is 54.9 cm³/mol. The quantitative estimate of drug-likeness (QED) is 0.679. The number of hydrogen-bond donors (Lipinski definition) is 2. The molecule has 1 atom stereocenters. The molecule has 15 heavy (non-hydrogen) atoms. The maximum Gasteiger partial charge on any atom is 0.269 e. The van der Waals surface area contributed by atoms with Gasteiger partial charge in [-0.1, -0.05) is 0 Å². The Kier molecular flexibility index (Phi) is 3.72. The minimum Gasteiger partial charge on any atom is -0.329 e. The van der Waals surface area contributed by atoms with E-state index in [4.69, 9.17) is 10.3 Å². The van der Waals surface area contributed by atoms with Crippen LogP contribution in [-0.4, -0.2) is 34.7 Å². The minimum absolute atomic E-state index is 0.0720. The van der Waals surface area contributed by atoms with Crippen LogP contribution in [0.25, 0.3) is 0 Å². The molecule has 3 N–H and O–H groups in total. The van der Waals surface area contributed by atoms with Gasteiger partial charge >= 0.3 is 0 Å². The number of hydrogen-bond acceptors (Lipinski definition) is 5. The van der Waals surface area contributed by atoms with E-state index in [1.807, 2.05) is 0 Å². The molecule has 1 aromatic rings. The van der Waals surface area contributed by atoms with E-state index >= 15 is 0 Å². The largest absolute Gasteiger partial charge is 0.329 e. The first-order valence-corrected chi connectivity index (χ1v) is 5.87. The second-order valence-electron chi connectivity index (χ2n) is 3.23. The predicted octanol–water partition coefficient (Wildman–Crippen LogP) is -0.457. The molecule has 0 spiro atoms. The summed E-state index contributed by atoms with van der Waals surface area (Å²) in [4.78, 5) is 7.95. The molecule has 0 radical (unpaired) electrons. The van der Waals surface area contributed by atoms with Gasteiger partial charge in [-0.3, -0.25) is 14.5 Å². The molecule has 0 bridgehead atoms. The Morgan fingerprint density at radius 1 is 1.47 bits per heavy atom. The summed E-state index contributed by atoms with van der Waals surface area (Å²) in [6, 6.07) is 0. The lowest BCUT2D eigenvalue weighted by molar-refractivity contribution is 0.465. The van der Waals surface area contributed by atoms with Crippen LogP contribution >= 0.6 is 0 Å². The van der Waals surface area contributed by atoms with E-state index < -0.39 is 15.4 Å². The fourth-order valence-corrected chi connectivity index (χ4v) is 1.69. The summed E-state index contributed by atoms with van der Waals surface area (Å²) < 4.78 is 30.6. The third-order valence-corrected chi connectivity index (χ3v) is 3.16. The average Bonchev–Trinajstić information content (AvgIpc) is 2.15. The zero-order valence-electron chi connectivity index (χ0n) is 8.29. The fraction of sp³-hybridized carbons (Fsp3) is 0.500. The summed E-state index contributed by atoms with van der Waals surface area (Å²) in [6.07, 6.45) is 3.08. The maximum atomic E-state index is 10.9. The molecule has 1 rings (SSSR count). The number of aryl methyl sites for hydroxylation is 1. The first kappa shape index (κ1) is 12.0. The maximum absolute atomic E-state index is 10.9. The van der Waals surface area contributed by atoms with Gasteiger partial charge < -0.3 is 5.73 Å². The van der Waals surface area contributed by atoms with Gasteiger partial charge in [-0.2, -0.15) is 8.42 Å². The molecule has 0 amide bonds. The Labute approximate surface area is 88.3 Å². The molecule has 0 fully saturated rings. The number of nitrogens with two attached hydrogens (primary N) is 1. The van der Waals surface area contributed by atoms with Gasteiger partial charge in [-0.15, -0.1) is 0 Å². The van der Waals surface area contributed by atoms with Crippen molar-refractivity contribution in [1.82, 2.24) is 9.97 Å². The highest BCUT2D eigenvalue weighted by Gasteiger charge is 2.22. The van der Waals surface area contributed by atoms with Gasteiger partial charge in [0, 0.05) is 25.4 Å². The summed E-state index contributed by atoms with van der Waals surface area (Å²) in [5.41, 5.74) is 6.49. The van der Waals surface area contributed by atoms with Crippen LogP contribution in [0, 0.1) is 6.92 Å². The first-order chi connectivity index (χ1) is 6.93. The molecule has 0 saturated carbocycles. The number of aromatic nitrogens is 2. The van der Waals surface area contributed by atoms with Gasteiger partial charge in [0.05, 0.1) is 11.4 Å². The molecular weight excluding hydrogens is 218 g/mol. The summed E-state index contributed by atoms with van der Waals surface area (Å²) >= 11 is 0. The Hall–Kier alpha value is -1.05. The second kappa shape index (κ2) is 4.65.